The number of rotatable bonds is 23. The molecule has 8 nitrogen and oxygen atoms in total. The molecule has 2 N–H and O–H groups in total. The van der Waals surface area contributed by atoms with Crippen LogP contribution in [-0.2, 0) is 17.7 Å². The van der Waals surface area contributed by atoms with Crippen LogP contribution in [0.1, 0.15) is 33.1 Å². The van der Waals surface area contributed by atoms with E-state index in [0.29, 0.717) is 39.5 Å². The van der Waals surface area contributed by atoms with Gasteiger partial charge in [-0.2, -0.15) is 0 Å². The predicted molar refractivity (Wildman–Crippen MR) is 158 cm³/mol. The summed E-state index contributed by atoms with van der Waals surface area (Å²) in [5.74, 6) is 0. The van der Waals surface area contributed by atoms with E-state index in [9.17, 15) is 10.2 Å². The van der Waals surface area contributed by atoms with Gasteiger partial charge in [-0.05, 0) is 97.8 Å². The fourth-order valence-electron chi connectivity index (χ4n) is 4.52. The highest BCUT2D eigenvalue weighted by molar-refractivity contribution is 6.87. The van der Waals surface area contributed by atoms with Crippen LogP contribution in [0.25, 0.3) is 0 Å². The number of ether oxygens (including phenoxy) is 2. The van der Waals surface area contributed by atoms with Crippen molar-refractivity contribution in [3.05, 3.63) is 0 Å². The Balaban J connectivity index is 4.23. The van der Waals surface area contributed by atoms with Crippen LogP contribution < -0.4 is 0 Å². The van der Waals surface area contributed by atoms with E-state index >= 15 is 0 Å². The molecule has 0 aliphatic rings. The minimum Gasteiger partial charge on any atom is -0.437 e. The third-order valence-corrected chi connectivity index (χ3v) is 17.5. The van der Waals surface area contributed by atoms with E-state index < -0.39 is 37.4 Å². The Morgan fingerprint density at radius 1 is 0.694 bits per heavy atom. The lowest BCUT2D eigenvalue weighted by Gasteiger charge is -2.38. The Hall–Kier alpha value is 0.331. The summed E-state index contributed by atoms with van der Waals surface area (Å²) in [7, 11) is -1.96. The maximum absolute atomic E-state index is 10.1. The van der Waals surface area contributed by atoms with Gasteiger partial charge in [0.25, 0.3) is 0 Å². The van der Waals surface area contributed by atoms with Gasteiger partial charge in [-0.1, -0.05) is 13.8 Å². The van der Waals surface area contributed by atoms with Gasteiger partial charge in [0.05, 0.1) is 25.4 Å². The fourth-order valence-corrected chi connectivity index (χ4v) is 18.5. The topological polar surface area (TPSA) is 83.9 Å². The summed E-state index contributed by atoms with van der Waals surface area (Å²) >= 11 is 0. The number of hydrogen-bond donors (Lipinski definition) is 2. The Bertz CT molecular complexity index is 558. The summed E-state index contributed by atoms with van der Waals surface area (Å²) in [6, 6.07) is 2.04. The van der Waals surface area contributed by atoms with E-state index in [1.54, 1.807) is 0 Å². The van der Waals surface area contributed by atoms with Crippen molar-refractivity contribution in [3.63, 3.8) is 0 Å². The molecule has 0 saturated carbocycles. The summed E-state index contributed by atoms with van der Waals surface area (Å²) in [4.78, 5) is 4.22. The largest absolute Gasteiger partial charge is 0.437 e. The van der Waals surface area contributed by atoms with Gasteiger partial charge in [0.2, 0.25) is 0 Å². The summed E-state index contributed by atoms with van der Waals surface area (Å²) in [5, 5.41) is 20.1. The molecule has 0 fully saturated rings. The summed E-state index contributed by atoms with van der Waals surface area (Å²) in [6.07, 6.45) is 2.10. The Morgan fingerprint density at radius 3 is 1.50 bits per heavy atom. The molecule has 0 radical (unpaired) electrons. The van der Waals surface area contributed by atoms with Gasteiger partial charge in [-0.3, -0.25) is 0 Å². The zero-order chi connectivity index (χ0) is 27.8. The molecule has 0 aliphatic heterocycles. The van der Waals surface area contributed by atoms with Crippen molar-refractivity contribution >= 4 is 25.2 Å². The summed E-state index contributed by atoms with van der Waals surface area (Å²) in [6.45, 7) is 22.9. The molecule has 0 aromatic heterocycles. The Labute approximate surface area is 226 Å². The van der Waals surface area contributed by atoms with Gasteiger partial charge >= 0.3 is 8.56 Å². The molecule has 2 unspecified atom stereocenters. The molecular formula is C25H60N2O6Si3. The first-order valence-electron chi connectivity index (χ1n) is 13.9. The van der Waals surface area contributed by atoms with Crippen molar-refractivity contribution in [3.8, 4) is 0 Å². The lowest BCUT2D eigenvalue weighted by Crippen LogP contribution is -2.52. The summed E-state index contributed by atoms with van der Waals surface area (Å²) in [5.41, 5.74) is 0. The number of nitrogens with zero attached hydrogens (tertiary/aromatic N) is 2. The highest BCUT2D eigenvalue weighted by atomic mass is 28.5. The number of hydrogen-bond acceptors (Lipinski definition) is 8. The van der Waals surface area contributed by atoms with Crippen molar-refractivity contribution in [2.24, 2.45) is 0 Å². The van der Waals surface area contributed by atoms with E-state index in [0.717, 1.165) is 44.4 Å². The second-order valence-corrected chi connectivity index (χ2v) is 24.4. The molecule has 0 spiro atoms. The molecule has 11 heteroatoms. The third kappa shape index (κ3) is 20.3. The molecule has 0 amide bonds. The SMILES string of the molecule is CCCN(C)CC(O)COCCC[Si](C)(C)O[Si](C)(C)O[Si](C)(C)CCCOCC(O)CN(C)CC. The van der Waals surface area contributed by atoms with Crippen molar-refractivity contribution in [2.45, 2.75) is 96.7 Å². The first kappa shape index (κ1) is 36.3. The zero-order valence-electron chi connectivity index (χ0n) is 25.3. The number of aliphatic hydroxyl groups is 2. The van der Waals surface area contributed by atoms with Crippen molar-refractivity contribution in [2.75, 3.05) is 66.7 Å². The summed E-state index contributed by atoms with van der Waals surface area (Å²) < 4.78 is 24.8. The monoisotopic (exact) mass is 568 g/mol. The van der Waals surface area contributed by atoms with E-state index in [2.05, 4.69) is 62.9 Å². The van der Waals surface area contributed by atoms with Crippen LogP contribution in [-0.4, -0.2) is 124 Å². The third-order valence-electron chi connectivity index (χ3n) is 5.99. The molecule has 0 saturated heterocycles. The zero-order valence-corrected chi connectivity index (χ0v) is 28.3. The highest BCUT2D eigenvalue weighted by Gasteiger charge is 2.39. The molecule has 36 heavy (non-hydrogen) atoms. The Kier molecular flexibility index (Phi) is 18.8. The standard InChI is InChI=1S/C25H60N2O6Si3/c1-11-15-27(4)21-25(29)23-31-17-14-19-35(7,8)33-36(9,10)32-34(5,6)18-13-16-30-22-24(28)20-26(3)12-2/h24-25,28-29H,11-23H2,1-10H3. The molecule has 2 atom stereocenters. The van der Waals surface area contributed by atoms with Crippen LogP contribution in [0, 0.1) is 0 Å². The number of aliphatic hydroxyl groups excluding tert-OH is 2. The highest BCUT2D eigenvalue weighted by Crippen LogP contribution is 2.26. The van der Waals surface area contributed by atoms with Crippen molar-refractivity contribution < 1.29 is 27.9 Å². The molecule has 0 aromatic rings. The van der Waals surface area contributed by atoms with Crippen LogP contribution in [0.4, 0.5) is 0 Å². The quantitative estimate of drug-likeness (QED) is 0.142. The van der Waals surface area contributed by atoms with Gasteiger partial charge in [-0.25, -0.2) is 0 Å². The fraction of sp³-hybridized carbons (Fsp3) is 1.00. The van der Waals surface area contributed by atoms with Crippen molar-refractivity contribution in [1.29, 1.82) is 0 Å². The Morgan fingerprint density at radius 2 is 1.11 bits per heavy atom. The van der Waals surface area contributed by atoms with Crippen LogP contribution in [0.3, 0.4) is 0 Å². The molecule has 0 heterocycles. The van der Waals surface area contributed by atoms with Gasteiger partial charge < -0.3 is 37.7 Å². The van der Waals surface area contributed by atoms with E-state index in [1.807, 2.05) is 14.1 Å². The molecule has 0 bridgehead atoms. The van der Waals surface area contributed by atoms with Gasteiger partial charge in [0.1, 0.15) is 0 Å². The van der Waals surface area contributed by atoms with Crippen molar-refractivity contribution in [1.82, 2.24) is 9.80 Å². The van der Waals surface area contributed by atoms with Crippen LogP contribution >= 0.6 is 0 Å². The lowest BCUT2D eigenvalue weighted by molar-refractivity contribution is 0.0209. The lowest BCUT2D eigenvalue weighted by atomic mass is 10.3. The predicted octanol–water partition coefficient (Wildman–Crippen LogP) is 3.96. The second kappa shape index (κ2) is 18.6. The average Bonchev–Trinajstić information content (AvgIpc) is 2.71. The minimum atomic E-state index is -2.25. The normalized spacial score (nSPS) is 15.2. The first-order chi connectivity index (χ1) is 16.6. The molecule has 0 aliphatic carbocycles. The van der Waals surface area contributed by atoms with Crippen LogP contribution in [0.2, 0.25) is 51.4 Å². The van der Waals surface area contributed by atoms with Crippen LogP contribution in [0.15, 0.2) is 0 Å². The maximum atomic E-state index is 10.1. The molecule has 0 aromatic carbocycles. The van der Waals surface area contributed by atoms with Gasteiger partial charge in [-0.15, -0.1) is 0 Å². The molecule has 218 valence electrons. The van der Waals surface area contributed by atoms with E-state index in [1.165, 1.54) is 0 Å². The smallest absolute Gasteiger partial charge is 0.311 e. The van der Waals surface area contributed by atoms with E-state index in [4.69, 9.17) is 17.7 Å². The first-order valence-corrected chi connectivity index (χ1v) is 22.9. The minimum absolute atomic E-state index is 0.384. The van der Waals surface area contributed by atoms with Gasteiger partial charge in [0, 0.05) is 26.3 Å². The average molecular weight is 569 g/mol. The number of likely N-dealkylation sites (N-methyl/N-ethyl adjacent to an activating group) is 2. The maximum Gasteiger partial charge on any atom is 0.311 e. The second-order valence-electron chi connectivity index (χ2n) is 11.9. The van der Waals surface area contributed by atoms with E-state index in [-0.39, 0.29) is 0 Å². The molecular weight excluding hydrogens is 509 g/mol. The van der Waals surface area contributed by atoms with Gasteiger partial charge in [0.15, 0.2) is 16.6 Å². The molecule has 0 rings (SSSR count). The van der Waals surface area contributed by atoms with Crippen LogP contribution in [0.5, 0.6) is 0 Å².